The van der Waals surface area contributed by atoms with Gasteiger partial charge in [-0.3, -0.25) is 14.4 Å². The minimum atomic E-state index is -0.784. The second kappa shape index (κ2) is 58.9. The smallest absolute Gasteiger partial charge is 0.306 e. The van der Waals surface area contributed by atoms with Gasteiger partial charge in [-0.1, -0.05) is 272 Å². The van der Waals surface area contributed by atoms with Gasteiger partial charge in [0.2, 0.25) is 0 Å². The third-order valence-electron chi connectivity index (χ3n) is 12.6. The van der Waals surface area contributed by atoms with Gasteiger partial charge in [0.1, 0.15) is 13.2 Å². The molecule has 0 fully saturated rings. The molecule has 0 aliphatic rings. The molecule has 0 aromatic carbocycles. The fourth-order valence-corrected chi connectivity index (χ4v) is 8.16. The van der Waals surface area contributed by atoms with Crippen molar-refractivity contribution < 1.29 is 28.6 Å². The van der Waals surface area contributed by atoms with E-state index < -0.39 is 6.10 Å². The van der Waals surface area contributed by atoms with Crippen LogP contribution in [0.15, 0.2) is 97.2 Å². The van der Waals surface area contributed by atoms with E-state index in [9.17, 15) is 14.4 Å². The van der Waals surface area contributed by atoms with Gasteiger partial charge in [0.15, 0.2) is 6.10 Å². The van der Waals surface area contributed by atoms with Gasteiger partial charge in [0.05, 0.1) is 0 Å². The first-order valence-corrected chi connectivity index (χ1v) is 29.7. The van der Waals surface area contributed by atoms with Crippen molar-refractivity contribution in [3.8, 4) is 0 Å². The van der Waals surface area contributed by atoms with Crippen LogP contribution in [0, 0.1) is 0 Å². The lowest BCUT2D eigenvalue weighted by Crippen LogP contribution is -2.30. The van der Waals surface area contributed by atoms with Crippen LogP contribution in [0.2, 0.25) is 0 Å². The van der Waals surface area contributed by atoms with E-state index in [1.54, 1.807) is 0 Å². The Bertz CT molecular complexity index is 1410. The zero-order valence-electron chi connectivity index (χ0n) is 46.5. The predicted octanol–water partition coefficient (Wildman–Crippen LogP) is 20.1. The van der Waals surface area contributed by atoms with E-state index in [1.807, 2.05) is 0 Å². The first kappa shape index (κ1) is 67.3. The lowest BCUT2D eigenvalue weighted by atomic mass is 10.0. The molecule has 0 radical (unpaired) electrons. The summed E-state index contributed by atoms with van der Waals surface area (Å²) >= 11 is 0. The summed E-state index contributed by atoms with van der Waals surface area (Å²) in [6.45, 7) is 6.49. The number of carbonyl (C=O) groups is 3. The van der Waals surface area contributed by atoms with Gasteiger partial charge < -0.3 is 14.2 Å². The first-order chi connectivity index (χ1) is 35.0. The zero-order chi connectivity index (χ0) is 51.4. The molecule has 0 saturated heterocycles. The van der Waals surface area contributed by atoms with Crippen molar-refractivity contribution in [1.82, 2.24) is 0 Å². The fraction of sp³-hybridized carbons (Fsp3) is 0.708. The quantitative estimate of drug-likeness (QED) is 0.0261. The highest BCUT2D eigenvalue weighted by atomic mass is 16.6. The fourth-order valence-electron chi connectivity index (χ4n) is 8.16. The van der Waals surface area contributed by atoms with Crippen LogP contribution in [0.5, 0.6) is 0 Å². The summed E-state index contributed by atoms with van der Waals surface area (Å²) in [6.07, 6.45) is 78.4. The van der Waals surface area contributed by atoms with Gasteiger partial charge in [-0.05, 0) is 83.5 Å². The molecule has 0 bridgehead atoms. The zero-order valence-corrected chi connectivity index (χ0v) is 46.5. The normalized spacial score (nSPS) is 12.8. The average Bonchev–Trinajstić information content (AvgIpc) is 3.37. The van der Waals surface area contributed by atoms with E-state index in [-0.39, 0.29) is 31.1 Å². The molecule has 0 aromatic rings. The number of carbonyl (C=O) groups excluding carboxylic acids is 3. The van der Waals surface area contributed by atoms with Gasteiger partial charge in [0.25, 0.3) is 0 Å². The number of esters is 3. The molecule has 1 atom stereocenters. The third kappa shape index (κ3) is 57.1. The minimum Gasteiger partial charge on any atom is -0.462 e. The Kier molecular flexibility index (Phi) is 55.9. The molecule has 0 spiro atoms. The van der Waals surface area contributed by atoms with Crippen LogP contribution in [0.3, 0.4) is 0 Å². The second-order valence-electron chi connectivity index (χ2n) is 19.5. The maximum atomic E-state index is 12.8. The molecular weight excluding hydrogens is 877 g/mol. The molecule has 0 aliphatic carbocycles. The van der Waals surface area contributed by atoms with Crippen LogP contribution in [0.4, 0.5) is 0 Å². The molecule has 1 unspecified atom stereocenters. The lowest BCUT2D eigenvalue weighted by molar-refractivity contribution is -0.167. The Balaban J connectivity index is 4.26. The molecule has 0 rings (SSSR count). The molecule has 0 aromatic heterocycles. The summed E-state index contributed by atoms with van der Waals surface area (Å²) in [5, 5.41) is 0. The van der Waals surface area contributed by atoms with Gasteiger partial charge in [-0.15, -0.1) is 0 Å². The summed E-state index contributed by atoms with van der Waals surface area (Å²) in [7, 11) is 0. The Hall–Kier alpha value is -3.67. The number of allylic oxidation sites excluding steroid dienone is 16. The van der Waals surface area contributed by atoms with Crippen molar-refractivity contribution in [2.24, 2.45) is 0 Å². The van der Waals surface area contributed by atoms with Crippen LogP contribution < -0.4 is 0 Å². The number of hydrogen-bond donors (Lipinski definition) is 0. The Morgan fingerprint density at radius 2 is 0.549 bits per heavy atom. The summed E-state index contributed by atoms with van der Waals surface area (Å²) in [4.78, 5) is 38.0. The molecule has 6 nitrogen and oxygen atoms in total. The lowest BCUT2D eigenvalue weighted by Gasteiger charge is -2.18. The van der Waals surface area contributed by atoms with Crippen molar-refractivity contribution >= 4 is 17.9 Å². The molecule has 71 heavy (non-hydrogen) atoms. The van der Waals surface area contributed by atoms with Crippen molar-refractivity contribution in [3.63, 3.8) is 0 Å². The minimum absolute atomic E-state index is 0.0827. The van der Waals surface area contributed by atoms with Crippen LogP contribution in [-0.4, -0.2) is 37.2 Å². The molecular formula is C65H110O6. The summed E-state index contributed by atoms with van der Waals surface area (Å²) in [6, 6.07) is 0. The first-order valence-electron chi connectivity index (χ1n) is 29.7. The van der Waals surface area contributed by atoms with E-state index in [0.717, 1.165) is 122 Å². The van der Waals surface area contributed by atoms with E-state index in [4.69, 9.17) is 14.2 Å². The molecule has 6 heteroatoms. The Labute approximate surface area is 438 Å². The van der Waals surface area contributed by atoms with Gasteiger partial charge >= 0.3 is 17.9 Å². The number of rotatable bonds is 53. The molecule has 0 amide bonds. The number of hydrogen-bond acceptors (Lipinski definition) is 6. The SMILES string of the molecule is CC/C=C\C/C=C\C/C=C\C/C=C\C/C=C\C/C=C\C/C=C\C/C=C\CCCCCCC(=O)OCC(COC(=O)CCCCCCCCCC)OC(=O)CCCCCCCCCCCCCCCCCC. The van der Waals surface area contributed by atoms with E-state index in [1.165, 1.54) is 116 Å². The predicted molar refractivity (Wildman–Crippen MR) is 307 cm³/mol. The Morgan fingerprint density at radius 1 is 0.296 bits per heavy atom. The molecule has 0 aliphatic heterocycles. The molecule has 406 valence electrons. The van der Waals surface area contributed by atoms with E-state index in [0.29, 0.717) is 19.3 Å². The van der Waals surface area contributed by atoms with Crippen molar-refractivity contribution in [1.29, 1.82) is 0 Å². The number of ether oxygens (including phenoxy) is 3. The maximum absolute atomic E-state index is 12.8. The highest BCUT2D eigenvalue weighted by molar-refractivity contribution is 5.71. The van der Waals surface area contributed by atoms with Crippen LogP contribution in [-0.2, 0) is 28.6 Å². The van der Waals surface area contributed by atoms with Crippen LogP contribution in [0.1, 0.15) is 278 Å². The van der Waals surface area contributed by atoms with Crippen molar-refractivity contribution in [2.45, 2.75) is 284 Å². The molecule has 0 N–H and O–H groups in total. The third-order valence-corrected chi connectivity index (χ3v) is 12.6. The maximum Gasteiger partial charge on any atom is 0.306 e. The summed E-state index contributed by atoms with van der Waals surface area (Å²) < 4.78 is 16.8. The number of unbranched alkanes of at least 4 members (excludes halogenated alkanes) is 26. The van der Waals surface area contributed by atoms with E-state index >= 15 is 0 Å². The van der Waals surface area contributed by atoms with Gasteiger partial charge in [-0.2, -0.15) is 0 Å². The van der Waals surface area contributed by atoms with Crippen molar-refractivity contribution in [3.05, 3.63) is 97.2 Å². The monoisotopic (exact) mass is 987 g/mol. The standard InChI is InChI=1S/C65H110O6/c1-4-7-10-13-16-19-21-23-25-27-28-29-30-31-32-33-34-35-36-37-38-39-41-42-44-46-49-52-55-58-64(67)70-61-62(60-69-63(66)57-54-51-48-18-15-12-9-6-3)71-65(68)59-56-53-50-47-45-43-40-26-24-22-20-17-14-11-8-5-2/h7,10,16,19,23,25,28-29,31-32,34-35,37-38,41-42,62H,4-6,8-9,11-15,17-18,20-22,24,26-27,30,33,36,39-40,43-61H2,1-3H3/b10-7-,19-16-,25-23-,29-28-,32-31-,35-34-,38-37-,42-41-. The molecule has 0 heterocycles. The topological polar surface area (TPSA) is 78.9 Å². The highest BCUT2D eigenvalue weighted by Crippen LogP contribution is 2.16. The highest BCUT2D eigenvalue weighted by Gasteiger charge is 2.19. The van der Waals surface area contributed by atoms with Gasteiger partial charge in [-0.25, -0.2) is 0 Å². The average molecular weight is 988 g/mol. The summed E-state index contributed by atoms with van der Waals surface area (Å²) in [5.41, 5.74) is 0. The summed E-state index contributed by atoms with van der Waals surface area (Å²) in [5.74, 6) is -0.907. The second-order valence-corrected chi connectivity index (χ2v) is 19.5. The van der Waals surface area contributed by atoms with Crippen LogP contribution in [0.25, 0.3) is 0 Å². The largest absolute Gasteiger partial charge is 0.462 e. The Morgan fingerprint density at radius 3 is 0.859 bits per heavy atom. The van der Waals surface area contributed by atoms with E-state index in [2.05, 4.69) is 118 Å². The van der Waals surface area contributed by atoms with Crippen molar-refractivity contribution in [2.75, 3.05) is 13.2 Å². The molecule has 0 saturated carbocycles. The van der Waals surface area contributed by atoms with Gasteiger partial charge in [0, 0.05) is 19.3 Å². The van der Waals surface area contributed by atoms with Crippen LogP contribution >= 0.6 is 0 Å².